The van der Waals surface area contributed by atoms with E-state index in [1.54, 1.807) is 0 Å². The Bertz CT molecular complexity index is 613. The van der Waals surface area contributed by atoms with E-state index in [2.05, 4.69) is 15.5 Å². The lowest BCUT2D eigenvalue weighted by atomic mass is 9.97. The third-order valence-electron chi connectivity index (χ3n) is 5.73. The molecule has 25 heavy (non-hydrogen) atoms. The Balaban J connectivity index is 1.46. The average Bonchev–Trinajstić information content (AvgIpc) is 3.08. The number of rotatable bonds is 5. The van der Waals surface area contributed by atoms with Crippen molar-refractivity contribution >= 4 is 5.91 Å². The first-order valence-electron chi connectivity index (χ1n) is 9.50. The number of carbonyl (C=O) groups is 1. The van der Waals surface area contributed by atoms with Gasteiger partial charge in [-0.25, -0.2) is 4.39 Å². The van der Waals surface area contributed by atoms with Crippen LogP contribution < -0.4 is 10.6 Å². The van der Waals surface area contributed by atoms with Crippen LogP contribution in [-0.2, 0) is 11.3 Å². The monoisotopic (exact) mass is 347 g/mol. The second kappa shape index (κ2) is 8.28. The Labute approximate surface area is 150 Å². The Kier molecular flexibility index (Phi) is 6.07. The number of halogens is 1. The molecule has 0 saturated carbocycles. The van der Waals surface area contributed by atoms with E-state index >= 15 is 0 Å². The summed E-state index contributed by atoms with van der Waals surface area (Å²) >= 11 is 0. The lowest BCUT2D eigenvalue weighted by Gasteiger charge is -2.23. The van der Waals surface area contributed by atoms with Gasteiger partial charge in [0.2, 0.25) is 5.91 Å². The van der Waals surface area contributed by atoms with Gasteiger partial charge in [-0.2, -0.15) is 0 Å². The minimum absolute atomic E-state index is 0.0810. The minimum Gasteiger partial charge on any atom is -0.356 e. The van der Waals surface area contributed by atoms with Crippen molar-refractivity contribution in [2.45, 2.75) is 39.7 Å². The molecule has 2 saturated heterocycles. The van der Waals surface area contributed by atoms with Crippen LogP contribution in [0.3, 0.4) is 0 Å². The first-order valence-corrected chi connectivity index (χ1v) is 9.50. The summed E-state index contributed by atoms with van der Waals surface area (Å²) < 4.78 is 14.1. The molecule has 0 spiro atoms. The summed E-state index contributed by atoms with van der Waals surface area (Å²) in [5.74, 6) is 0.817. The number of nitrogens with one attached hydrogen (secondary N) is 2. The van der Waals surface area contributed by atoms with Gasteiger partial charge in [-0.3, -0.25) is 9.69 Å². The molecule has 1 aromatic carbocycles. The molecule has 2 N–H and O–H groups in total. The highest BCUT2D eigenvalue weighted by molar-refractivity contribution is 5.78. The second-order valence-corrected chi connectivity index (χ2v) is 7.64. The first kappa shape index (κ1) is 18.3. The maximum atomic E-state index is 14.1. The van der Waals surface area contributed by atoms with Gasteiger partial charge < -0.3 is 10.6 Å². The van der Waals surface area contributed by atoms with Crippen molar-refractivity contribution in [2.75, 3.05) is 32.7 Å². The smallest absolute Gasteiger partial charge is 0.223 e. The van der Waals surface area contributed by atoms with Crippen LogP contribution >= 0.6 is 0 Å². The highest BCUT2D eigenvalue weighted by atomic mass is 19.1. The van der Waals surface area contributed by atoms with E-state index in [4.69, 9.17) is 0 Å². The maximum absolute atomic E-state index is 14.1. The molecule has 0 aromatic heterocycles. The number of likely N-dealkylation sites (tertiary alicyclic amines) is 1. The molecule has 4 nitrogen and oxygen atoms in total. The summed E-state index contributed by atoms with van der Waals surface area (Å²) in [5, 5.41) is 6.45. The molecule has 2 heterocycles. The molecule has 1 unspecified atom stereocenters. The predicted molar refractivity (Wildman–Crippen MR) is 97.9 cm³/mol. The zero-order valence-corrected chi connectivity index (χ0v) is 15.4. The van der Waals surface area contributed by atoms with Gasteiger partial charge in [0.15, 0.2) is 0 Å². The van der Waals surface area contributed by atoms with Crippen molar-refractivity contribution < 1.29 is 9.18 Å². The Hall–Kier alpha value is -1.46. The number of piperidine rings is 1. The summed E-state index contributed by atoms with van der Waals surface area (Å²) in [6.45, 7) is 9.11. The molecule has 3 rings (SSSR count). The molecule has 2 aliphatic heterocycles. The zero-order chi connectivity index (χ0) is 17.8. The standard InChI is InChI=1S/C20H30FN3O/c1-14-3-4-18(15(2)19(14)21)13-24-10-7-16(12-24)11-23-20(25)17-5-8-22-9-6-17/h3-4,16-17,22H,5-13H2,1-2H3,(H,23,25). The van der Waals surface area contributed by atoms with Crippen LogP contribution in [0.25, 0.3) is 0 Å². The summed E-state index contributed by atoms with van der Waals surface area (Å²) in [6, 6.07) is 3.91. The lowest BCUT2D eigenvalue weighted by molar-refractivity contribution is -0.125. The van der Waals surface area contributed by atoms with Crippen molar-refractivity contribution in [2.24, 2.45) is 11.8 Å². The molecule has 5 heteroatoms. The lowest BCUT2D eigenvalue weighted by Crippen LogP contribution is -2.40. The normalized spacial score (nSPS) is 22.3. The van der Waals surface area contributed by atoms with E-state index in [0.29, 0.717) is 11.5 Å². The number of carbonyl (C=O) groups excluding carboxylic acids is 1. The first-order chi connectivity index (χ1) is 12.0. The SMILES string of the molecule is Cc1ccc(CN2CCC(CNC(=O)C3CCNCC3)C2)c(C)c1F. The van der Waals surface area contributed by atoms with E-state index in [0.717, 1.165) is 69.7 Å². The van der Waals surface area contributed by atoms with Crippen LogP contribution in [0.5, 0.6) is 0 Å². The van der Waals surface area contributed by atoms with Gasteiger partial charge >= 0.3 is 0 Å². The summed E-state index contributed by atoms with van der Waals surface area (Å²) in [7, 11) is 0. The molecule has 0 radical (unpaired) electrons. The topological polar surface area (TPSA) is 44.4 Å². The van der Waals surface area contributed by atoms with Crippen LogP contribution in [0.1, 0.15) is 36.0 Å². The average molecular weight is 347 g/mol. The summed E-state index contributed by atoms with van der Waals surface area (Å²) in [5.41, 5.74) is 2.55. The van der Waals surface area contributed by atoms with Crippen molar-refractivity contribution in [3.05, 3.63) is 34.6 Å². The largest absolute Gasteiger partial charge is 0.356 e. The van der Waals surface area contributed by atoms with E-state index in [1.165, 1.54) is 0 Å². The van der Waals surface area contributed by atoms with Gasteiger partial charge in [0.25, 0.3) is 0 Å². The fraction of sp³-hybridized carbons (Fsp3) is 0.650. The van der Waals surface area contributed by atoms with E-state index in [1.807, 2.05) is 26.0 Å². The Morgan fingerprint density at radius 3 is 2.80 bits per heavy atom. The third kappa shape index (κ3) is 4.59. The molecule has 1 atom stereocenters. The van der Waals surface area contributed by atoms with Gasteiger partial charge in [-0.15, -0.1) is 0 Å². The summed E-state index contributed by atoms with van der Waals surface area (Å²) in [6.07, 6.45) is 2.99. The molecule has 1 aromatic rings. The van der Waals surface area contributed by atoms with E-state index < -0.39 is 0 Å². The maximum Gasteiger partial charge on any atom is 0.223 e. The predicted octanol–water partition coefficient (Wildman–Crippen LogP) is 2.38. The Morgan fingerprint density at radius 1 is 1.28 bits per heavy atom. The molecule has 1 amide bonds. The number of amides is 1. The quantitative estimate of drug-likeness (QED) is 0.860. The molecular formula is C20H30FN3O. The molecule has 0 bridgehead atoms. The molecular weight excluding hydrogens is 317 g/mol. The molecule has 2 aliphatic rings. The fourth-order valence-electron chi connectivity index (χ4n) is 3.97. The van der Waals surface area contributed by atoms with E-state index in [-0.39, 0.29) is 17.6 Å². The second-order valence-electron chi connectivity index (χ2n) is 7.64. The molecule has 2 fully saturated rings. The highest BCUT2D eigenvalue weighted by Gasteiger charge is 2.26. The number of nitrogens with zero attached hydrogens (tertiary/aromatic N) is 1. The number of benzene rings is 1. The van der Waals surface area contributed by atoms with Gasteiger partial charge in [0, 0.05) is 25.6 Å². The molecule has 0 aliphatic carbocycles. The fourth-order valence-corrected chi connectivity index (χ4v) is 3.97. The third-order valence-corrected chi connectivity index (χ3v) is 5.73. The highest BCUT2D eigenvalue weighted by Crippen LogP contribution is 2.22. The number of hydrogen-bond acceptors (Lipinski definition) is 3. The molecule has 138 valence electrons. The van der Waals surface area contributed by atoms with Gasteiger partial charge in [-0.1, -0.05) is 12.1 Å². The van der Waals surface area contributed by atoms with Gasteiger partial charge in [-0.05, 0) is 75.4 Å². The minimum atomic E-state index is -0.0810. The summed E-state index contributed by atoms with van der Waals surface area (Å²) in [4.78, 5) is 14.6. The van der Waals surface area contributed by atoms with Gasteiger partial charge in [0.1, 0.15) is 5.82 Å². The van der Waals surface area contributed by atoms with Crippen LogP contribution in [0.15, 0.2) is 12.1 Å². The van der Waals surface area contributed by atoms with Crippen LogP contribution in [0.4, 0.5) is 4.39 Å². The number of hydrogen-bond donors (Lipinski definition) is 2. The van der Waals surface area contributed by atoms with Crippen LogP contribution in [0.2, 0.25) is 0 Å². The van der Waals surface area contributed by atoms with E-state index in [9.17, 15) is 9.18 Å². The zero-order valence-electron chi connectivity index (χ0n) is 15.4. The van der Waals surface area contributed by atoms with Crippen LogP contribution in [0, 0.1) is 31.5 Å². The van der Waals surface area contributed by atoms with Crippen molar-refractivity contribution in [3.8, 4) is 0 Å². The number of aryl methyl sites for hydroxylation is 1. The Morgan fingerprint density at radius 2 is 2.04 bits per heavy atom. The van der Waals surface area contributed by atoms with Crippen LogP contribution in [-0.4, -0.2) is 43.5 Å². The van der Waals surface area contributed by atoms with Crippen molar-refractivity contribution in [1.82, 2.24) is 15.5 Å². The van der Waals surface area contributed by atoms with Gasteiger partial charge in [0.05, 0.1) is 0 Å². The van der Waals surface area contributed by atoms with Crippen molar-refractivity contribution in [1.29, 1.82) is 0 Å². The van der Waals surface area contributed by atoms with Crippen molar-refractivity contribution in [3.63, 3.8) is 0 Å².